The number of para-hydroxylation sites is 1. The van der Waals surface area contributed by atoms with Crippen molar-refractivity contribution < 1.29 is 22.4 Å². The lowest BCUT2D eigenvalue weighted by molar-refractivity contribution is -0.139. The first-order chi connectivity index (χ1) is 15.8. The number of carbonyl (C=O) groups is 2. The average molecular weight is 513 g/mol. The SMILES string of the molecule is CC(C)NC(=O)[C@@H](C)N(Cc1cccc(Cl)c1)C(=O)CN(c1ccccc1F)S(=O)(=O)N(C)C. The lowest BCUT2D eigenvalue weighted by Gasteiger charge is -2.33. The Morgan fingerprint density at radius 3 is 2.26 bits per heavy atom. The highest BCUT2D eigenvalue weighted by molar-refractivity contribution is 7.90. The highest BCUT2D eigenvalue weighted by atomic mass is 35.5. The molecule has 0 spiro atoms. The molecule has 0 unspecified atom stereocenters. The van der Waals surface area contributed by atoms with E-state index in [1.165, 1.54) is 37.2 Å². The predicted octanol–water partition coefficient (Wildman–Crippen LogP) is 3.03. The zero-order chi connectivity index (χ0) is 25.6. The maximum absolute atomic E-state index is 14.6. The Balaban J connectivity index is 2.48. The maximum Gasteiger partial charge on any atom is 0.304 e. The molecule has 0 heterocycles. The van der Waals surface area contributed by atoms with E-state index in [-0.39, 0.29) is 18.3 Å². The summed E-state index contributed by atoms with van der Waals surface area (Å²) >= 11 is 6.08. The normalized spacial score (nSPS) is 12.5. The van der Waals surface area contributed by atoms with Crippen molar-refractivity contribution >= 4 is 39.3 Å². The molecule has 0 aliphatic carbocycles. The van der Waals surface area contributed by atoms with Crippen molar-refractivity contribution in [3.63, 3.8) is 0 Å². The van der Waals surface area contributed by atoms with Crippen molar-refractivity contribution in [3.8, 4) is 0 Å². The molecule has 0 fully saturated rings. The van der Waals surface area contributed by atoms with E-state index >= 15 is 0 Å². The van der Waals surface area contributed by atoms with Crippen molar-refractivity contribution in [2.45, 2.75) is 39.4 Å². The van der Waals surface area contributed by atoms with Gasteiger partial charge in [0.1, 0.15) is 18.4 Å². The van der Waals surface area contributed by atoms with Crippen LogP contribution in [0.1, 0.15) is 26.3 Å². The van der Waals surface area contributed by atoms with Gasteiger partial charge in [0.05, 0.1) is 5.69 Å². The highest BCUT2D eigenvalue weighted by Gasteiger charge is 2.33. The van der Waals surface area contributed by atoms with Crippen LogP contribution in [0.15, 0.2) is 48.5 Å². The van der Waals surface area contributed by atoms with Gasteiger partial charge in [-0.25, -0.2) is 8.70 Å². The zero-order valence-corrected chi connectivity index (χ0v) is 21.4. The summed E-state index contributed by atoms with van der Waals surface area (Å²) in [6.07, 6.45) is 0. The number of hydrogen-bond donors (Lipinski definition) is 1. The van der Waals surface area contributed by atoms with Crippen LogP contribution in [0.2, 0.25) is 5.02 Å². The first-order valence-corrected chi connectivity index (χ1v) is 12.4. The highest BCUT2D eigenvalue weighted by Crippen LogP contribution is 2.24. The molecule has 0 aromatic heterocycles. The lowest BCUT2D eigenvalue weighted by atomic mass is 10.1. The van der Waals surface area contributed by atoms with E-state index in [0.717, 1.165) is 10.4 Å². The van der Waals surface area contributed by atoms with E-state index < -0.39 is 40.4 Å². The molecule has 0 aliphatic rings. The van der Waals surface area contributed by atoms with Gasteiger partial charge in [0.25, 0.3) is 0 Å². The van der Waals surface area contributed by atoms with Gasteiger partial charge in [0, 0.05) is 31.7 Å². The molecule has 0 saturated heterocycles. The van der Waals surface area contributed by atoms with E-state index in [9.17, 15) is 22.4 Å². The molecule has 0 radical (unpaired) electrons. The van der Waals surface area contributed by atoms with Crippen LogP contribution in [0.5, 0.6) is 0 Å². The Hall–Kier alpha value is -2.69. The molecule has 1 N–H and O–H groups in total. The summed E-state index contributed by atoms with van der Waals surface area (Å²) < 4.78 is 42.2. The van der Waals surface area contributed by atoms with Crippen LogP contribution < -0.4 is 9.62 Å². The lowest BCUT2D eigenvalue weighted by Crippen LogP contribution is -2.53. The van der Waals surface area contributed by atoms with Crippen LogP contribution in [0, 0.1) is 5.82 Å². The van der Waals surface area contributed by atoms with E-state index in [4.69, 9.17) is 11.6 Å². The summed E-state index contributed by atoms with van der Waals surface area (Å²) in [4.78, 5) is 27.5. The number of hydrogen-bond acceptors (Lipinski definition) is 4. The first-order valence-electron chi connectivity index (χ1n) is 10.6. The number of nitrogens with zero attached hydrogens (tertiary/aromatic N) is 3. The minimum atomic E-state index is -4.23. The molecule has 11 heteroatoms. The molecule has 1 atom stereocenters. The monoisotopic (exact) mass is 512 g/mol. The summed E-state index contributed by atoms with van der Waals surface area (Å²) in [6, 6.07) is 11.0. The summed E-state index contributed by atoms with van der Waals surface area (Å²) in [6.45, 7) is 4.42. The number of nitrogens with one attached hydrogen (secondary N) is 1. The van der Waals surface area contributed by atoms with Gasteiger partial charge in [0.2, 0.25) is 11.8 Å². The second-order valence-electron chi connectivity index (χ2n) is 8.24. The van der Waals surface area contributed by atoms with Crippen LogP contribution in [-0.2, 0) is 26.3 Å². The van der Waals surface area contributed by atoms with Gasteiger partial charge in [-0.1, -0.05) is 35.9 Å². The quantitative estimate of drug-likeness (QED) is 0.530. The van der Waals surface area contributed by atoms with Crippen molar-refractivity contribution in [2.75, 3.05) is 24.9 Å². The van der Waals surface area contributed by atoms with Crippen LogP contribution in [0.3, 0.4) is 0 Å². The summed E-state index contributed by atoms with van der Waals surface area (Å²) in [5, 5.41) is 3.21. The van der Waals surface area contributed by atoms with Crippen LogP contribution in [0.25, 0.3) is 0 Å². The van der Waals surface area contributed by atoms with Gasteiger partial charge < -0.3 is 10.2 Å². The van der Waals surface area contributed by atoms with Crippen LogP contribution in [-0.4, -0.2) is 62.2 Å². The molecule has 34 heavy (non-hydrogen) atoms. The van der Waals surface area contributed by atoms with E-state index in [0.29, 0.717) is 14.9 Å². The Kier molecular flexibility index (Phi) is 9.43. The van der Waals surface area contributed by atoms with Gasteiger partial charge in [0.15, 0.2) is 0 Å². The van der Waals surface area contributed by atoms with Crippen LogP contribution in [0.4, 0.5) is 10.1 Å². The number of rotatable bonds is 10. The van der Waals surface area contributed by atoms with E-state index in [1.54, 1.807) is 45.0 Å². The Labute approximate surface area is 205 Å². The van der Waals surface area contributed by atoms with Gasteiger partial charge in [-0.3, -0.25) is 9.59 Å². The Morgan fingerprint density at radius 2 is 1.71 bits per heavy atom. The molecule has 2 rings (SSSR count). The summed E-state index contributed by atoms with van der Waals surface area (Å²) in [5.41, 5.74) is 0.379. The minimum Gasteiger partial charge on any atom is -0.352 e. The van der Waals surface area contributed by atoms with Crippen molar-refractivity contribution in [3.05, 3.63) is 64.9 Å². The fourth-order valence-corrected chi connectivity index (χ4v) is 4.45. The first kappa shape index (κ1) is 27.6. The maximum atomic E-state index is 14.6. The molecular formula is C23H30ClFN4O4S. The van der Waals surface area contributed by atoms with Crippen molar-refractivity contribution in [2.24, 2.45) is 0 Å². The fraction of sp³-hybridized carbons (Fsp3) is 0.391. The topological polar surface area (TPSA) is 90.0 Å². The third kappa shape index (κ3) is 6.91. The Morgan fingerprint density at radius 1 is 1.06 bits per heavy atom. The molecule has 2 aromatic rings. The molecule has 186 valence electrons. The molecule has 0 aliphatic heterocycles. The zero-order valence-electron chi connectivity index (χ0n) is 19.8. The van der Waals surface area contributed by atoms with Crippen LogP contribution >= 0.6 is 11.6 Å². The largest absolute Gasteiger partial charge is 0.352 e. The van der Waals surface area contributed by atoms with E-state index in [2.05, 4.69) is 5.32 Å². The summed E-state index contributed by atoms with van der Waals surface area (Å²) in [7, 11) is -1.65. The molecule has 2 amide bonds. The minimum absolute atomic E-state index is 0.000795. The molecular weight excluding hydrogens is 483 g/mol. The smallest absolute Gasteiger partial charge is 0.304 e. The number of anilines is 1. The third-order valence-corrected chi connectivity index (χ3v) is 7.02. The molecule has 0 saturated carbocycles. The number of halogens is 2. The van der Waals surface area contributed by atoms with Gasteiger partial charge in [-0.15, -0.1) is 0 Å². The second-order valence-corrected chi connectivity index (χ2v) is 10.7. The number of benzene rings is 2. The second kappa shape index (κ2) is 11.6. The van der Waals surface area contributed by atoms with Gasteiger partial charge in [-0.05, 0) is 50.6 Å². The van der Waals surface area contributed by atoms with Gasteiger partial charge in [-0.2, -0.15) is 12.7 Å². The van der Waals surface area contributed by atoms with E-state index in [1.807, 2.05) is 0 Å². The number of carbonyl (C=O) groups excluding carboxylic acids is 2. The van der Waals surface area contributed by atoms with Gasteiger partial charge >= 0.3 is 10.2 Å². The molecule has 8 nitrogen and oxygen atoms in total. The predicted molar refractivity (Wildman–Crippen MR) is 131 cm³/mol. The molecule has 2 aromatic carbocycles. The summed E-state index contributed by atoms with van der Waals surface area (Å²) in [5.74, 6) is -1.88. The molecule has 0 bridgehead atoms. The average Bonchev–Trinajstić information content (AvgIpc) is 2.75. The van der Waals surface area contributed by atoms with Crippen molar-refractivity contribution in [1.82, 2.24) is 14.5 Å². The fourth-order valence-electron chi connectivity index (χ4n) is 3.18. The Bertz CT molecular complexity index is 1130. The standard InChI is InChI=1S/C23H30ClFN4O4S/c1-16(2)26-23(31)17(3)28(14-18-9-8-10-19(24)13-18)22(30)15-29(34(32,33)27(4)5)21-12-7-6-11-20(21)25/h6-13,16-17H,14-15H2,1-5H3,(H,26,31)/t17-/m1/s1. The van der Waals surface area contributed by atoms with Crippen molar-refractivity contribution in [1.29, 1.82) is 0 Å². The third-order valence-electron chi connectivity index (χ3n) is 4.98. The number of amides is 2.